The summed E-state index contributed by atoms with van der Waals surface area (Å²) in [5.41, 5.74) is 1.30. The number of fused-ring (bicyclic) bond motifs is 3. The van der Waals surface area contributed by atoms with Crippen LogP contribution in [0.4, 0.5) is 0 Å². The SMILES string of the molecule is CS(=O)(=O)c1ccnc2c1c(SC1=CC(=O)OC1)c1n2CCCC1CC(=O)O. The maximum atomic E-state index is 12.4. The monoisotopic (exact) mass is 422 g/mol. The summed E-state index contributed by atoms with van der Waals surface area (Å²) in [6.45, 7) is 0.755. The number of aliphatic carboxylic acids is 1. The van der Waals surface area contributed by atoms with Gasteiger partial charge in [-0.25, -0.2) is 18.2 Å². The lowest BCUT2D eigenvalue weighted by molar-refractivity contribution is -0.137. The topological polar surface area (TPSA) is 116 Å². The maximum absolute atomic E-state index is 12.4. The Kier molecular flexibility index (Phi) is 4.70. The number of esters is 1. The fourth-order valence-electron chi connectivity index (χ4n) is 3.85. The predicted octanol–water partition coefficient (Wildman–Crippen LogP) is 2.32. The highest BCUT2D eigenvalue weighted by atomic mass is 32.2. The summed E-state index contributed by atoms with van der Waals surface area (Å²) < 4.78 is 31.8. The standard InChI is InChI=1S/C18H18N2O6S2/c1-28(24,25)12-4-5-19-18-15(12)17(27-11-8-14(23)26-9-11)16-10(7-13(21)22)3-2-6-20(16)18/h4-5,8,10H,2-3,6-7,9H2,1H3,(H,21,22). The number of carbonyl (C=O) groups excluding carboxylic acids is 1. The van der Waals surface area contributed by atoms with Gasteiger partial charge in [0.1, 0.15) is 12.3 Å². The van der Waals surface area contributed by atoms with Crippen molar-refractivity contribution in [3.63, 3.8) is 0 Å². The first-order valence-electron chi connectivity index (χ1n) is 8.74. The third kappa shape index (κ3) is 3.30. The Balaban J connectivity index is 2.00. The molecule has 0 fully saturated rings. The largest absolute Gasteiger partial charge is 0.481 e. The van der Waals surface area contributed by atoms with Gasteiger partial charge in [0, 0.05) is 46.5 Å². The minimum absolute atomic E-state index is 0.0490. The molecule has 10 heteroatoms. The van der Waals surface area contributed by atoms with Crippen LogP contribution in [0.15, 0.2) is 33.0 Å². The fraction of sp³-hybridized carbons (Fsp3) is 0.389. The van der Waals surface area contributed by atoms with Gasteiger partial charge in [-0.05, 0) is 18.9 Å². The second kappa shape index (κ2) is 6.93. The van der Waals surface area contributed by atoms with Crippen molar-refractivity contribution >= 4 is 44.6 Å². The summed E-state index contributed by atoms with van der Waals surface area (Å²) in [5, 5.41) is 9.84. The van der Waals surface area contributed by atoms with Crippen LogP contribution >= 0.6 is 11.8 Å². The van der Waals surface area contributed by atoms with Crippen molar-refractivity contribution in [2.24, 2.45) is 0 Å². The molecule has 0 aliphatic carbocycles. The van der Waals surface area contributed by atoms with Gasteiger partial charge in [-0.2, -0.15) is 0 Å². The first-order valence-corrected chi connectivity index (χ1v) is 11.4. The molecule has 0 saturated carbocycles. The van der Waals surface area contributed by atoms with Crippen LogP contribution in [0.1, 0.15) is 30.9 Å². The number of hydrogen-bond acceptors (Lipinski definition) is 7. The fourth-order valence-corrected chi connectivity index (χ4v) is 6.01. The molecule has 0 spiro atoms. The van der Waals surface area contributed by atoms with Crippen LogP contribution < -0.4 is 0 Å². The number of nitrogens with zero attached hydrogens (tertiary/aromatic N) is 2. The number of pyridine rings is 1. The average Bonchev–Trinajstić information content (AvgIpc) is 3.16. The molecule has 4 rings (SSSR count). The summed E-state index contributed by atoms with van der Waals surface area (Å²) in [6, 6.07) is 1.46. The Hall–Kier alpha value is -2.33. The van der Waals surface area contributed by atoms with Crippen molar-refractivity contribution in [3.05, 3.63) is 28.9 Å². The van der Waals surface area contributed by atoms with Gasteiger partial charge in [0.25, 0.3) is 0 Å². The number of cyclic esters (lactones) is 1. The van der Waals surface area contributed by atoms with Crippen LogP contribution in [-0.2, 0) is 30.7 Å². The highest BCUT2D eigenvalue weighted by Gasteiger charge is 2.33. The molecule has 1 N–H and O–H groups in total. The summed E-state index contributed by atoms with van der Waals surface area (Å²) in [5.74, 6) is -1.60. The Morgan fingerprint density at radius 1 is 1.46 bits per heavy atom. The van der Waals surface area contributed by atoms with E-state index in [4.69, 9.17) is 4.74 Å². The minimum atomic E-state index is -3.54. The van der Waals surface area contributed by atoms with Crippen LogP contribution in [-0.4, -0.2) is 47.9 Å². The molecule has 2 aromatic rings. The lowest BCUT2D eigenvalue weighted by atomic mass is 9.93. The molecule has 2 aliphatic rings. The second-order valence-electron chi connectivity index (χ2n) is 6.90. The van der Waals surface area contributed by atoms with E-state index in [0.29, 0.717) is 33.8 Å². The Labute approximate surface area is 165 Å². The Bertz CT molecular complexity index is 1130. The summed E-state index contributed by atoms with van der Waals surface area (Å²) >= 11 is 1.26. The molecule has 28 heavy (non-hydrogen) atoms. The van der Waals surface area contributed by atoms with E-state index in [1.807, 2.05) is 4.57 Å². The lowest BCUT2D eigenvalue weighted by Crippen LogP contribution is -2.18. The highest BCUT2D eigenvalue weighted by Crippen LogP contribution is 2.47. The zero-order valence-corrected chi connectivity index (χ0v) is 16.7. The summed E-state index contributed by atoms with van der Waals surface area (Å²) in [6.07, 6.45) is 5.41. The number of carboxylic acids is 1. The molecule has 0 bridgehead atoms. The van der Waals surface area contributed by atoms with E-state index < -0.39 is 21.8 Å². The van der Waals surface area contributed by atoms with Crippen molar-refractivity contribution in [2.45, 2.75) is 41.5 Å². The lowest BCUT2D eigenvalue weighted by Gasteiger charge is -2.25. The maximum Gasteiger partial charge on any atom is 0.332 e. The molecule has 2 aliphatic heterocycles. The van der Waals surface area contributed by atoms with Crippen LogP contribution in [0.25, 0.3) is 11.0 Å². The molecule has 0 aromatic carbocycles. The van der Waals surface area contributed by atoms with Crippen LogP contribution in [0.2, 0.25) is 0 Å². The van der Waals surface area contributed by atoms with Gasteiger partial charge in [0.15, 0.2) is 9.84 Å². The Morgan fingerprint density at radius 2 is 2.25 bits per heavy atom. The van der Waals surface area contributed by atoms with Gasteiger partial charge in [-0.15, -0.1) is 0 Å². The molecular weight excluding hydrogens is 404 g/mol. The van der Waals surface area contributed by atoms with Crippen molar-refractivity contribution in [1.82, 2.24) is 9.55 Å². The molecule has 148 valence electrons. The quantitative estimate of drug-likeness (QED) is 0.730. The van der Waals surface area contributed by atoms with E-state index >= 15 is 0 Å². The van der Waals surface area contributed by atoms with Gasteiger partial charge >= 0.3 is 11.9 Å². The third-order valence-corrected chi connectivity index (χ3v) is 7.16. The van der Waals surface area contributed by atoms with Gasteiger partial charge < -0.3 is 14.4 Å². The zero-order chi connectivity index (χ0) is 20.1. The van der Waals surface area contributed by atoms with E-state index in [-0.39, 0.29) is 23.8 Å². The van der Waals surface area contributed by atoms with Crippen LogP contribution in [0, 0.1) is 0 Å². The molecule has 1 atom stereocenters. The first-order chi connectivity index (χ1) is 13.3. The van der Waals surface area contributed by atoms with Crippen LogP contribution in [0.3, 0.4) is 0 Å². The van der Waals surface area contributed by atoms with Crippen molar-refractivity contribution in [3.8, 4) is 0 Å². The van der Waals surface area contributed by atoms with Gasteiger partial charge in [0.05, 0.1) is 16.7 Å². The highest BCUT2D eigenvalue weighted by molar-refractivity contribution is 8.03. The summed E-state index contributed by atoms with van der Waals surface area (Å²) in [4.78, 5) is 28.8. The number of thioether (sulfide) groups is 1. The number of ether oxygens (including phenoxy) is 1. The van der Waals surface area contributed by atoms with E-state index in [1.165, 1.54) is 30.1 Å². The normalized spacial score (nSPS) is 19.4. The minimum Gasteiger partial charge on any atom is -0.481 e. The van der Waals surface area contributed by atoms with Gasteiger partial charge in [0.2, 0.25) is 0 Å². The first kappa shape index (κ1) is 19.0. The number of rotatable bonds is 5. The second-order valence-corrected chi connectivity index (χ2v) is 10.0. The molecule has 4 heterocycles. The number of sulfone groups is 1. The number of aromatic nitrogens is 2. The van der Waals surface area contributed by atoms with E-state index in [1.54, 1.807) is 0 Å². The molecule has 8 nitrogen and oxygen atoms in total. The molecular formula is C18H18N2O6S2. The van der Waals surface area contributed by atoms with E-state index in [2.05, 4.69) is 4.98 Å². The molecule has 1 unspecified atom stereocenters. The third-order valence-electron chi connectivity index (χ3n) is 4.91. The van der Waals surface area contributed by atoms with E-state index in [0.717, 1.165) is 18.4 Å². The molecule has 0 saturated heterocycles. The number of aryl methyl sites for hydroxylation is 1. The van der Waals surface area contributed by atoms with Crippen molar-refractivity contribution in [1.29, 1.82) is 0 Å². The smallest absolute Gasteiger partial charge is 0.332 e. The van der Waals surface area contributed by atoms with Crippen molar-refractivity contribution < 1.29 is 27.9 Å². The van der Waals surface area contributed by atoms with E-state index in [9.17, 15) is 23.1 Å². The zero-order valence-electron chi connectivity index (χ0n) is 15.0. The number of carbonyl (C=O) groups is 2. The number of hydrogen-bond donors (Lipinski definition) is 1. The van der Waals surface area contributed by atoms with Crippen LogP contribution in [0.5, 0.6) is 0 Å². The predicted molar refractivity (Wildman–Crippen MR) is 102 cm³/mol. The number of carboxylic acid groups (broad SMARTS) is 1. The summed E-state index contributed by atoms with van der Waals surface area (Å²) in [7, 11) is -3.54. The van der Waals surface area contributed by atoms with Gasteiger partial charge in [-0.1, -0.05) is 11.8 Å². The average molecular weight is 422 g/mol. The molecule has 0 amide bonds. The molecule has 2 aromatic heterocycles. The molecule has 0 radical (unpaired) electrons. The van der Waals surface area contributed by atoms with Gasteiger partial charge in [-0.3, -0.25) is 4.79 Å². The van der Waals surface area contributed by atoms with Crippen molar-refractivity contribution in [2.75, 3.05) is 12.9 Å². The Morgan fingerprint density at radius 3 is 2.89 bits per heavy atom.